The van der Waals surface area contributed by atoms with Gasteiger partial charge in [-0.1, -0.05) is 12.1 Å². The van der Waals surface area contributed by atoms with E-state index in [-0.39, 0.29) is 22.9 Å². The van der Waals surface area contributed by atoms with Gasteiger partial charge in [0.1, 0.15) is 22.1 Å². The normalized spacial score (nSPS) is 11.6. The lowest BCUT2D eigenvalue weighted by molar-refractivity contribution is -0.385. The molecule has 0 heterocycles. The van der Waals surface area contributed by atoms with Gasteiger partial charge in [-0.3, -0.25) is 20.3 Å². The number of benzene rings is 3. The molecule has 0 aliphatic rings. The molecule has 0 saturated carbocycles. The summed E-state index contributed by atoms with van der Waals surface area (Å²) in [6.07, 6.45) is 0. The number of rotatable bonds is 9. The number of nitrogens with one attached hydrogen (secondary N) is 2. The topological polar surface area (TPSA) is 152 Å². The molecule has 0 amide bonds. The Kier molecular flexibility index (Phi) is 7.21. The number of anilines is 2. The Hall–Kier alpha value is -4.32. The molecule has 0 atom stereocenters. The van der Waals surface area contributed by atoms with Gasteiger partial charge in [0.05, 0.1) is 36.2 Å². The van der Waals surface area contributed by atoms with E-state index in [1.165, 1.54) is 32.4 Å². The molecule has 0 spiro atoms. The molecular formula is C22H22N4O7S. The van der Waals surface area contributed by atoms with Crippen LogP contribution in [0.1, 0.15) is 12.5 Å². The fourth-order valence-electron chi connectivity index (χ4n) is 3.02. The molecule has 3 rings (SSSR count). The number of methoxy groups -OCH3 is 2. The highest BCUT2D eigenvalue weighted by atomic mass is 32.2. The number of phenolic OH excluding ortho intramolecular Hbond substituents is 1. The highest BCUT2D eigenvalue weighted by Crippen LogP contribution is 2.31. The van der Waals surface area contributed by atoms with E-state index in [0.717, 1.165) is 12.1 Å². The van der Waals surface area contributed by atoms with Crippen molar-refractivity contribution in [1.29, 1.82) is 0 Å². The highest BCUT2D eigenvalue weighted by Gasteiger charge is 2.24. The Morgan fingerprint density at radius 2 is 1.76 bits per heavy atom. The van der Waals surface area contributed by atoms with E-state index < -0.39 is 25.5 Å². The zero-order chi connectivity index (χ0) is 24.9. The third-order valence-electron chi connectivity index (χ3n) is 4.76. The van der Waals surface area contributed by atoms with Gasteiger partial charge in [0.2, 0.25) is 0 Å². The maximum absolute atomic E-state index is 13.2. The zero-order valence-corrected chi connectivity index (χ0v) is 19.3. The fourth-order valence-corrected chi connectivity index (χ4v) is 4.26. The Morgan fingerprint density at radius 3 is 2.41 bits per heavy atom. The minimum Gasteiger partial charge on any atom is -0.507 e. The molecule has 11 nitrogen and oxygen atoms in total. The van der Waals surface area contributed by atoms with Crippen LogP contribution in [0.4, 0.5) is 17.1 Å². The molecule has 0 saturated heterocycles. The standard InChI is InChI=1S/C22H22N4O7S/c1-14(17-10-9-16(32-2)13-20(17)27)23-24-19-11-8-15(26(28)29)12-22(19)34(30,31)25-18-6-4-5-7-21(18)33-3/h4-13,24-25,27H,1-3H3. The van der Waals surface area contributed by atoms with Crippen LogP contribution in [0.25, 0.3) is 0 Å². The van der Waals surface area contributed by atoms with Crippen molar-refractivity contribution < 1.29 is 27.9 Å². The van der Waals surface area contributed by atoms with Crippen molar-refractivity contribution in [2.24, 2.45) is 5.10 Å². The maximum Gasteiger partial charge on any atom is 0.270 e. The van der Waals surface area contributed by atoms with Gasteiger partial charge in [-0.05, 0) is 37.3 Å². The van der Waals surface area contributed by atoms with Gasteiger partial charge >= 0.3 is 0 Å². The molecule has 3 N–H and O–H groups in total. The van der Waals surface area contributed by atoms with Gasteiger partial charge < -0.3 is 14.6 Å². The second-order valence-corrected chi connectivity index (χ2v) is 8.59. The number of non-ortho nitro benzene ring substituents is 1. The van der Waals surface area contributed by atoms with Crippen LogP contribution in [0.5, 0.6) is 17.2 Å². The molecule has 12 heteroatoms. The first-order valence-electron chi connectivity index (χ1n) is 9.78. The molecule has 34 heavy (non-hydrogen) atoms. The van der Waals surface area contributed by atoms with E-state index in [4.69, 9.17) is 9.47 Å². The summed E-state index contributed by atoms with van der Waals surface area (Å²) < 4.78 is 39.0. The Balaban J connectivity index is 2.00. The number of ether oxygens (including phenoxy) is 2. The lowest BCUT2D eigenvalue weighted by Crippen LogP contribution is -2.16. The quantitative estimate of drug-likeness (QED) is 0.233. The molecule has 3 aromatic rings. The van der Waals surface area contributed by atoms with Gasteiger partial charge in [0, 0.05) is 23.8 Å². The average Bonchev–Trinajstić information content (AvgIpc) is 2.82. The number of hydrogen-bond acceptors (Lipinski definition) is 9. The molecule has 3 aromatic carbocycles. The molecule has 178 valence electrons. The molecule has 0 aliphatic heterocycles. The molecule has 0 fully saturated rings. The number of nitrogens with zero attached hydrogens (tertiary/aromatic N) is 2. The summed E-state index contributed by atoms with van der Waals surface area (Å²) in [4.78, 5) is 10.2. The van der Waals surface area contributed by atoms with Crippen LogP contribution in [-0.4, -0.2) is 38.4 Å². The third kappa shape index (κ3) is 5.35. The highest BCUT2D eigenvalue weighted by molar-refractivity contribution is 7.93. The van der Waals surface area contributed by atoms with Crippen LogP contribution in [0.3, 0.4) is 0 Å². The lowest BCUT2D eigenvalue weighted by atomic mass is 10.1. The first-order valence-corrected chi connectivity index (χ1v) is 11.3. The number of sulfonamides is 1. The summed E-state index contributed by atoms with van der Waals surface area (Å²) in [6.45, 7) is 1.60. The number of aromatic hydroxyl groups is 1. The number of hydrazone groups is 1. The van der Waals surface area contributed by atoms with Gasteiger partial charge in [-0.25, -0.2) is 8.42 Å². The van der Waals surface area contributed by atoms with Crippen molar-refractivity contribution in [3.05, 3.63) is 76.3 Å². The van der Waals surface area contributed by atoms with E-state index in [1.807, 2.05) is 0 Å². The lowest BCUT2D eigenvalue weighted by Gasteiger charge is -2.14. The van der Waals surface area contributed by atoms with E-state index in [0.29, 0.717) is 17.0 Å². The predicted molar refractivity (Wildman–Crippen MR) is 127 cm³/mol. The van der Waals surface area contributed by atoms with E-state index in [2.05, 4.69) is 15.2 Å². The Bertz CT molecular complexity index is 1360. The fraction of sp³-hybridized carbons (Fsp3) is 0.136. The molecule has 0 radical (unpaired) electrons. The Labute approximate surface area is 195 Å². The Morgan fingerprint density at radius 1 is 1.03 bits per heavy atom. The second-order valence-electron chi connectivity index (χ2n) is 6.94. The summed E-state index contributed by atoms with van der Waals surface area (Å²) in [5, 5.41) is 25.6. The zero-order valence-electron chi connectivity index (χ0n) is 18.5. The first kappa shape index (κ1) is 24.3. The number of nitro groups is 1. The van der Waals surface area contributed by atoms with Crippen molar-refractivity contribution in [3.63, 3.8) is 0 Å². The minimum atomic E-state index is -4.29. The van der Waals surface area contributed by atoms with Crippen LogP contribution in [-0.2, 0) is 10.0 Å². The van der Waals surface area contributed by atoms with Crippen LogP contribution < -0.4 is 19.6 Å². The molecule has 0 bridgehead atoms. The molecule has 0 aliphatic carbocycles. The molecule has 0 aromatic heterocycles. The van der Waals surface area contributed by atoms with E-state index in [1.54, 1.807) is 37.3 Å². The van der Waals surface area contributed by atoms with Crippen molar-refractivity contribution in [1.82, 2.24) is 0 Å². The van der Waals surface area contributed by atoms with Gasteiger partial charge in [-0.15, -0.1) is 0 Å². The van der Waals surface area contributed by atoms with Crippen molar-refractivity contribution >= 4 is 32.8 Å². The number of phenols is 1. The van der Waals surface area contributed by atoms with Crippen LogP contribution in [0.15, 0.2) is 70.7 Å². The third-order valence-corrected chi connectivity index (χ3v) is 6.16. The van der Waals surface area contributed by atoms with Gasteiger partial charge in [0.25, 0.3) is 15.7 Å². The second kappa shape index (κ2) is 10.1. The van der Waals surface area contributed by atoms with Crippen molar-refractivity contribution in [2.45, 2.75) is 11.8 Å². The molecular weight excluding hydrogens is 464 g/mol. The number of para-hydroxylation sites is 2. The van der Waals surface area contributed by atoms with E-state index in [9.17, 15) is 23.6 Å². The summed E-state index contributed by atoms with van der Waals surface area (Å²) in [7, 11) is -1.44. The summed E-state index contributed by atoms with van der Waals surface area (Å²) in [5.74, 6) is 0.639. The van der Waals surface area contributed by atoms with Crippen LogP contribution in [0.2, 0.25) is 0 Å². The molecule has 0 unspecified atom stereocenters. The SMILES string of the molecule is COc1ccc(C(C)=NNc2ccc([N+](=O)[O-])cc2S(=O)(=O)Nc2ccccc2OC)c(O)c1. The van der Waals surface area contributed by atoms with Crippen molar-refractivity contribution in [3.8, 4) is 17.2 Å². The summed E-state index contributed by atoms with van der Waals surface area (Å²) >= 11 is 0. The predicted octanol–water partition coefficient (Wildman–Crippen LogP) is 3.95. The van der Waals surface area contributed by atoms with Crippen LogP contribution in [0, 0.1) is 10.1 Å². The summed E-state index contributed by atoms with van der Waals surface area (Å²) in [6, 6.07) is 14.3. The minimum absolute atomic E-state index is 0.0136. The van der Waals surface area contributed by atoms with Crippen molar-refractivity contribution in [2.75, 3.05) is 24.4 Å². The summed E-state index contributed by atoms with van der Waals surface area (Å²) in [5.41, 5.74) is 3.07. The van der Waals surface area contributed by atoms with Gasteiger partial charge in [-0.2, -0.15) is 5.10 Å². The average molecular weight is 487 g/mol. The maximum atomic E-state index is 13.2. The number of hydrogen-bond donors (Lipinski definition) is 3. The monoisotopic (exact) mass is 486 g/mol. The smallest absolute Gasteiger partial charge is 0.270 e. The number of nitro benzene ring substituents is 1. The van der Waals surface area contributed by atoms with E-state index >= 15 is 0 Å². The largest absolute Gasteiger partial charge is 0.507 e. The first-order chi connectivity index (χ1) is 16.2. The van der Waals surface area contributed by atoms with Gasteiger partial charge in [0.15, 0.2) is 0 Å². The van der Waals surface area contributed by atoms with Crippen LogP contribution >= 0.6 is 0 Å².